The van der Waals surface area contributed by atoms with Crippen LogP contribution in [-0.4, -0.2) is 81.0 Å². The van der Waals surface area contributed by atoms with Crippen LogP contribution in [0.15, 0.2) is 71.1 Å². The van der Waals surface area contributed by atoms with Crippen molar-refractivity contribution in [2.24, 2.45) is 5.92 Å². The Morgan fingerprint density at radius 1 is 1.02 bits per heavy atom. The quantitative estimate of drug-likeness (QED) is 0.115. The molecule has 1 saturated carbocycles. The predicted octanol–water partition coefficient (Wildman–Crippen LogP) is 6.03. The number of carbonyl (C=O) groups is 2. The van der Waals surface area contributed by atoms with Crippen molar-refractivity contribution in [3.05, 3.63) is 92.3 Å². The van der Waals surface area contributed by atoms with Gasteiger partial charge in [-0.1, -0.05) is 37.1 Å². The van der Waals surface area contributed by atoms with Gasteiger partial charge in [0.05, 0.1) is 47.4 Å². The van der Waals surface area contributed by atoms with E-state index in [0.717, 1.165) is 37.1 Å². The minimum atomic E-state index is -0.882. The van der Waals surface area contributed by atoms with Crippen molar-refractivity contribution < 1.29 is 38.6 Å². The highest BCUT2D eigenvalue weighted by molar-refractivity contribution is 6.00. The van der Waals surface area contributed by atoms with E-state index in [-0.39, 0.29) is 48.6 Å². The third kappa shape index (κ3) is 10.8. The molecule has 3 atom stereocenters. The van der Waals surface area contributed by atoms with Gasteiger partial charge < -0.3 is 34.3 Å². The molecule has 0 saturated heterocycles. The van der Waals surface area contributed by atoms with Crippen LogP contribution in [0.3, 0.4) is 0 Å². The number of nitrogens with one attached hydrogen (secondary N) is 1. The van der Waals surface area contributed by atoms with Gasteiger partial charge >= 0.3 is 11.9 Å². The monoisotopic (exact) mass is 717 g/mol. The van der Waals surface area contributed by atoms with Gasteiger partial charge in [0.25, 0.3) is 5.69 Å². The summed E-state index contributed by atoms with van der Waals surface area (Å²) in [5.74, 6) is -1.02. The maximum Gasteiger partial charge on any atom is 0.337 e. The molecule has 2 aliphatic rings. The Balaban J connectivity index is 0.000000373. The number of benzene rings is 2. The number of dihydropyridines is 1. The Morgan fingerprint density at radius 2 is 1.68 bits per heavy atom. The third-order valence-corrected chi connectivity index (χ3v) is 8.67. The molecule has 1 aliphatic carbocycles. The number of ether oxygens (including phenoxy) is 4. The van der Waals surface area contributed by atoms with Crippen LogP contribution in [0.25, 0.3) is 0 Å². The van der Waals surface area contributed by atoms with Crippen molar-refractivity contribution in [3.63, 3.8) is 0 Å². The molecule has 2 aromatic carbocycles. The highest BCUT2D eigenvalue weighted by Gasteiger charge is 2.41. The molecular weight excluding hydrogens is 666 g/mol. The standard InChI is InChI=1S/C21H26N2O7.C16H25NO2.ClH/c1-12(2)30-21(25)18-14(4)22-13(3)17(20(24)29-10-9-28-5)19(18)15-7-6-8-16(11-15)23(26)27;1-17(2)12-14-7-4-5-10-16(14,18)13-8-6-9-15(11-13)19-3;/h6-8,11-12,19,22H,9-10H2,1-5H3;6,8-9,11,14,18H,4-5,7,10,12H2,1-3H3;1H/t;14-,16+;/m.1./s1. The zero-order valence-electron chi connectivity index (χ0n) is 30.3. The first-order valence-electron chi connectivity index (χ1n) is 16.5. The van der Waals surface area contributed by atoms with Crippen LogP contribution < -0.4 is 10.1 Å². The fraction of sp³-hybridized carbons (Fsp3) is 0.514. The van der Waals surface area contributed by atoms with Crippen molar-refractivity contribution >= 4 is 30.0 Å². The SMILES string of the molecule is COCCOC(=O)C1=C(C)NC(C)=C(C(=O)OC(C)C)C1c1cccc([N+](=O)[O-])c1.COc1cccc([C@@]2(O)CCCC[C@@H]2CN(C)C)c1.Cl. The van der Waals surface area contributed by atoms with E-state index in [1.165, 1.54) is 31.7 Å². The second-order valence-electron chi connectivity index (χ2n) is 12.9. The lowest BCUT2D eigenvalue weighted by atomic mass is 9.71. The van der Waals surface area contributed by atoms with Gasteiger partial charge in [-0.3, -0.25) is 10.1 Å². The molecule has 50 heavy (non-hydrogen) atoms. The van der Waals surface area contributed by atoms with Gasteiger partial charge in [-0.2, -0.15) is 0 Å². The minimum absolute atomic E-state index is 0. The number of nitrogens with zero attached hydrogens (tertiary/aromatic N) is 2. The molecule has 0 radical (unpaired) electrons. The molecule has 0 aromatic heterocycles. The third-order valence-electron chi connectivity index (χ3n) is 8.67. The van der Waals surface area contributed by atoms with E-state index < -0.39 is 28.4 Å². The highest BCUT2D eigenvalue weighted by atomic mass is 35.5. The number of hydrogen-bond donors (Lipinski definition) is 2. The summed E-state index contributed by atoms with van der Waals surface area (Å²) in [5.41, 5.74) is 1.94. The lowest BCUT2D eigenvalue weighted by Crippen LogP contribution is -2.43. The largest absolute Gasteiger partial charge is 0.497 e. The molecule has 1 heterocycles. The number of nitro groups is 1. The van der Waals surface area contributed by atoms with E-state index in [9.17, 15) is 24.8 Å². The second-order valence-corrected chi connectivity index (χ2v) is 12.9. The summed E-state index contributed by atoms with van der Waals surface area (Å²) in [6.45, 7) is 7.98. The Labute approximate surface area is 301 Å². The molecule has 0 amide bonds. The first-order valence-corrected chi connectivity index (χ1v) is 16.5. The van der Waals surface area contributed by atoms with Gasteiger partial charge in [-0.05, 0) is 77.9 Å². The first kappa shape index (κ1) is 42.2. The number of nitro benzene ring substituents is 1. The number of non-ortho nitro benzene ring substituents is 1. The smallest absolute Gasteiger partial charge is 0.337 e. The molecule has 12 nitrogen and oxygen atoms in total. The van der Waals surface area contributed by atoms with Crippen LogP contribution in [0.2, 0.25) is 0 Å². The number of allylic oxidation sites excluding steroid dienone is 2. The molecule has 1 aliphatic heterocycles. The molecule has 2 aromatic rings. The topological polar surface area (TPSA) is 150 Å². The number of halogens is 1. The van der Waals surface area contributed by atoms with E-state index in [0.29, 0.717) is 22.9 Å². The average molecular weight is 718 g/mol. The van der Waals surface area contributed by atoms with E-state index >= 15 is 0 Å². The Bertz CT molecular complexity index is 1540. The van der Waals surface area contributed by atoms with Crippen LogP contribution >= 0.6 is 12.4 Å². The molecule has 1 fully saturated rings. The molecule has 2 N–H and O–H groups in total. The highest BCUT2D eigenvalue weighted by Crippen LogP contribution is 2.43. The van der Waals surface area contributed by atoms with Gasteiger partial charge in [-0.15, -0.1) is 12.4 Å². The Morgan fingerprint density at radius 3 is 2.28 bits per heavy atom. The molecule has 1 unspecified atom stereocenters. The Hall–Kier alpha value is -3.97. The molecule has 4 rings (SSSR count). The molecule has 276 valence electrons. The maximum absolute atomic E-state index is 12.9. The maximum atomic E-state index is 12.9. The number of methoxy groups -OCH3 is 2. The van der Waals surface area contributed by atoms with Crippen LogP contribution in [0.4, 0.5) is 5.69 Å². The van der Waals surface area contributed by atoms with Crippen molar-refractivity contribution in [2.75, 3.05) is 48.1 Å². The van der Waals surface area contributed by atoms with Gasteiger partial charge in [0, 0.05) is 43.1 Å². The number of aliphatic hydroxyl groups is 1. The molecule has 0 spiro atoms. The van der Waals surface area contributed by atoms with E-state index in [4.69, 9.17) is 18.9 Å². The molecular formula is C37H52ClN3O9. The second kappa shape index (κ2) is 19.4. The normalized spacial score (nSPS) is 20.3. The first-order chi connectivity index (χ1) is 23.2. The van der Waals surface area contributed by atoms with Crippen molar-refractivity contribution in [3.8, 4) is 5.75 Å². The zero-order valence-corrected chi connectivity index (χ0v) is 31.1. The van der Waals surface area contributed by atoms with Gasteiger partial charge in [0.1, 0.15) is 12.4 Å². The number of rotatable bonds is 12. The number of carbonyl (C=O) groups excluding carboxylic acids is 2. The van der Waals surface area contributed by atoms with Crippen LogP contribution in [0.5, 0.6) is 5.75 Å². The van der Waals surface area contributed by atoms with E-state index in [1.807, 2.05) is 24.3 Å². The minimum Gasteiger partial charge on any atom is -0.497 e. The molecule has 13 heteroatoms. The Kier molecular flexibility index (Phi) is 16.4. The summed E-state index contributed by atoms with van der Waals surface area (Å²) in [6, 6.07) is 13.7. The summed E-state index contributed by atoms with van der Waals surface area (Å²) < 4.78 is 20.9. The van der Waals surface area contributed by atoms with Gasteiger partial charge in [0.2, 0.25) is 0 Å². The summed E-state index contributed by atoms with van der Waals surface area (Å²) >= 11 is 0. The van der Waals surface area contributed by atoms with Crippen LogP contribution in [0, 0.1) is 16.0 Å². The fourth-order valence-electron chi connectivity index (χ4n) is 6.44. The predicted molar refractivity (Wildman–Crippen MR) is 193 cm³/mol. The fourth-order valence-corrected chi connectivity index (χ4v) is 6.44. The lowest BCUT2D eigenvalue weighted by molar-refractivity contribution is -0.384. The number of esters is 2. The number of hydrogen-bond acceptors (Lipinski definition) is 11. The van der Waals surface area contributed by atoms with Crippen molar-refractivity contribution in [1.29, 1.82) is 0 Å². The summed E-state index contributed by atoms with van der Waals surface area (Å²) in [6.07, 6.45) is 3.86. The van der Waals surface area contributed by atoms with Crippen molar-refractivity contribution in [1.82, 2.24) is 10.2 Å². The van der Waals surface area contributed by atoms with Crippen LogP contribution in [-0.2, 0) is 29.4 Å². The van der Waals surface area contributed by atoms with E-state index in [2.05, 4.69) is 24.3 Å². The van der Waals surface area contributed by atoms with Crippen LogP contribution in [0.1, 0.15) is 70.4 Å². The zero-order chi connectivity index (χ0) is 36.3. The van der Waals surface area contributed by atoms with Gasteiger partial charge in [-0.25, -0.2) is 9.59 Å². The van der Waals surface area contributed by atoms with E-state index in [1.54, 1.807) is 40.9 Å². The molecule has 0 bridgehead atoms. The average Bonchev–Trinajstić information content (AvgIpc) is 3.05. The van der Waals surface area contributed by atoms with Gasteiger partial charge in [0.15, 0.2) is 0 Å². The summed E-state index contributed by atoms with van der Waals surface area (Å²) in [7, 11) is 7.29. The van der Waals surface area contributed by atoms with Crippen molar-refractivity contribution in [2.45, 2.75) is 71.0 Å². The summed E-state index contributed by atoms with van der Waals surface area (Å²) in [4.78, 5) is 38.7. The lowest BCUT2D eigenvalue weighted by Gasteiger charge is -2.41. The summed E-state index contributed by atoms with van der Waals surface area (Å²) in [5, 5.41) is 25.5.